The van der Waals surface area contributed by atoms with Crippen molar-refractivity contribution in [3.63, 3.8) is 0 Å². The SMILES string of the molecule is CCc1cnc(CNC(=O)c2cccc(C(N)=S)c2)o1. The molecule has 6 heteroatoms. The van der Waals surface area contributed by atoms with Gasteiger partial charge in [0.2, 0.25) is 5.89 Å². The summed E-state index contributed by atoms with van der Waals surface area (Å²) in [7, 11) is 0. The van der Waals surface area contributed by atoms with Crippen molar-refractivity contribution in [1.82, 2.24) is 10.3 Å². The van der Waals surface area contributed by atoms with E-state index in [1.54, 1.807) is 30.5 Å². The molecule has 2 aromatic rings. The van der Waals surface area contributed by atoms with E-state index in [1.807, 2.05) is 6.92 Å². The van der Waals surface area contributed by atoms with Crippen LogP contribution in [0.4, 0.5) is 0 Å². The molecule has 1 aromatic heterocycles. The van der Waals surface area contributed by atoms with Crippen molar-refractivity contribution >= 4 is 23.1 Å². The Kier molecular flexibility index (Phi) is 4.47. The number of nitrogens with one attached hydrogen (secondary N) is 1. The van der Waals surface area contributed by atoms with Gasteiger partial charge >= 0.3 is 0 Å². The molecule has 0 saturated carbocycles. The van der Waals surface area contributed by atoms with Crippen LogP contribution in [0.1, 0.15) is 34.5 Å². The Labute approximate surface area is 122 Å². The molecule has 0 aliphatic carbocycles. The molecule has 0 spiro atoms. The zero-order chi connectivity index (χ0) is 14.5. The number of nitrogens with two attached hydrogens (primary N) is 1. The minimum absolute atomic E-state index is 0.223. The number of aryl methyl sites for hydroxylation is 1. The van der Waals surface area contributed by atoms with Crippen LogP contribution in [-0.4, -0.2) is 15.9 Å². The Balaban J connectivity index is 2.01. The van der Waals surface area contributed by atoms with Gasteiger partial charge < -0.3 is 15.5 Å². The van der Waals surface area contributed by atoms with Crippen molar-refractivity contribution in [3.8, 4) is 0 Å². The van der Waals surface area contributed by atoms with Gasteiger partial charge in [-0.3, -0.25) is 4.79 Å². The monoisotopic (exact) mass is 289 g/mol. The van der Waals surface area contributed by atoms with Gasteiger partial charge in [-0.1, -0.05) is 31.3 Å². The predicted molar refractivity (Wildman–Crippen MR) is 79.4 cm³/mol. The lowest BCUT2D eigenvalue weighted by atomic mass is 10.1. The Morgan fingerprint density at radius 1 is 1.45 bits per heavy atom. The van der Waals surface area contributed by atoms with E-state index >= 15 is 0 Å². The summed E-state index contributed by atoms with van der Waals surface area (Å²) in [4.78, 5) is 16.3. The van der Waals surface area contributed by atoms with Crippen LogP contribution >= 0.6 is 12.2 Å². The number of hydrogen-bond donors (Lipinski definition) is 2. The van der Waals surface area contributed by atoms with Crippen molar-refractivity contribution in [2.75, 3.05) is 0 Å². The molecule has 0 radical (unpaired) electrons. The van der Waals surface area contributed by atoms with E-state index < -0.39 is 0 Å². The van der Waals surface area contributed by atoms with Gasteiger partial charge in [0, 0.05) is 17.5 Å². The van der Waals surface area contributed by atoms with Crippen LogP contribution in [0.2, 0.25) is 0 Å². The van der Waals surface area contributed by atoms with E-state index in [0.29, 0.717) is 17.0 Å². The van der Waals surface area contributed by atoms with Crippen molar-refractivity contribution in [2.45, 2.75) is 19.9 Å². The molecule has 0 saturated heterocycles. The summed E-state index contributed by atoms with van der Waals surface area (Å²) in [6, 6.07) is 6.86. The standard InChI is InChI=1S/C14H15N3O2S/c1-2-11-7-16-12(19-11)8-17-14(18)10-5-3-4-9(6-10)13(15)20/h3-7H,2,8H2,1H3,(H2,15,20)(H,17,18). The molecular formula is C14H15N3O2S. The van der Waals surface area contributed by atoms with E-state index in [-0.39, 0.29) is 17.4 Å². The molecule has 104 valence electrons. The molecule has 0 unspecified atom stereocenters. The number of aromatic nitrogens is 1. The molecule has 2 rings (SSSR count). The molecule has 1 aromatic carbocycles. The number of amides is 1. The van der Waals surface area contributed by atoms with E-state index in [0.717, 1.165) is 12.2 Å². The predicted octanol–water partition coefficient (Wildman–Crippen LogP) is 1.80. The maximum Gasteiger partial charge on any atom is 0.251 e. The zero-order valence-corrected chi connectivity index (χ0v) is 11.9. The van der Waals surface area contributed by atoms with Gasteiger partial charge in [0.25, 0.3) is 5.91 Å². The summed E-state index contributed by atoms with van der Waals surface area (Å²) in [5, 5.41) is 2.74. The van der Waals surface area contributed by atoms with Gasteiger partial charge in [-0.2, -0.15) is 0 Å². The van der Waals surface area contributed by atoms with E-state index in [2.05, 4.69) is 10.3 Å². The molecule has 5 nitrogen and oxygen atoms in total. The number of thiocarbonyl (C=S) groups is 1. The lowest BCUT2D eigenvalue weighted by molar-refractivity contribution is 0.0947. The fourth-order valence-electron chi connectivity index (χ4n) is 1.66. The average molecular weight is 289 g/mol. The Morgan fingerprint density at radius 2 is 2.20 bits per heavy atom. The number of hydrogen-bond acceptors (Lipinski definition) is 4. The summed E-state index contributed by atoms with van der Waals surface area (Å²) in [6.07, 6.45) is 2.44. The van der Waals surface area contributed by atoms with Crippen molar-refractivity contribution < 1.29 is 9.21 Å². The highest BCUT2D eigenvalue weighted by Crippen LogP contribution is 2.07. The van der Waals surface area contributed by atoms with E-state index in [4.69, 9.17) is 22.4 Å². The lowest BCUT2D eigenvalue weighted by Gasteiger charge is -2.04. The molecule has 0 bridgehead atoms. The number of rotatable bonds is 5. The van der Waals surface area contributed by atoms with Crippen LogP contribution in [0.15, 0.2) is 34.9 Å². The maximum absolute atomic E-state index is 12.0. The van der Waals surface area contributed by atoms with Gasteiger partial charge in [-0.05, 0) is 12.1 Å². The minimum atomic E-state index is -0.223. The van der Waals surface area contributed by atoms with Gasteiger partial charge in [-0.25, -0.2) is 4.98 Å². The number of carbonyl (C=O) groups is 1. The molecular weight excluding hydrogens is 274 g/mol. The third-order valence-electron chi connectivity index (χ3n) is 2.76. The van der Waals surface area contributed by atoms with Crippen LogP contribution in [0.5, 0.6) is 0 Å². The summed E-state index contributed by atoms with van der Waals surface area (Å²) in [5.74, 6) is 1.06. The summed E-state index contributed by atoms with van der Waals surface area (Å²) in [5.41, 5.74) is 6.70. The second kappa shape index (κ2) is 6.29. The Hall–Kier alpha value is -2.21. The van der Waals surface area contributed by atoms with Crippen LogP contribution in [0.25, 0.3) is 0 Å². The molecule has 20 heavy (non-hydrogen) atoms. The molecule has 3 N–H and O–H groups in total. The molecule has 0 fully saturated rings. The number of benzene rings is 1. The highest BCUT2D eigenvalue weighted by molar-refractivity contribution is 7.80. The second-order valence-electron chi connectivity index (χ2n) is 4.20. The molecule has 0 atom stereocenters. The van der Waals surface area contributed by atoms with Crippen molar-refractivity contribution in [2.24, 2.45) is 5.73 Å². The van der Waals surface area contributed by atoms with E-state index in [9.17, 15) is 4.79 Å². The summed E-state index contributed by atoms with van der Waals surface area (Å²) < 4.78 is 5.41. The number of nitrogens with zero attached hydrogens (tertiary/aromatic N) is 1. The quantitative estimate of drug-likeness (QED) is 0.820. The highest BCUT2D eigenvalue weighted by atomic mass is 32.1. The second-order valence-corrected chi connectivity index (χ2v) is 4.64. The lowest BCUT2D eigenvalue weighted by Crippen LogP contribution is -2.23. The average Bonchev–Trinajstić information content (AvgIpc) is 2.93. The fourth-order valence-corrected chi connectivity index (χ4v) is 1.79. The Morgan fingerprint density at radius 3 is 2.85 bits per heavy atom. The largest absolute Gasteiger partial charge is 0.444 e. The van der Waals surface area contributed by atoms with Gasteiger partial charge in [0.05, 0.1) is 12.7 Å². The maximum atomic E-state index is 12.0. The van der Waals surface area contributed by atoms with Crippen LogP contribution in [-0.2, 0) is 13.0 Å². The molecule has 0 aliphatic heterocycles. The first-order valence-corrected chi connectivity index (χ1v) is 6.62. The minimum Gasteiger partial charge on any atom is -0.444 e. The normalized spacial score (nSPS) is 10.2. The fraction of sp³-hybridized carbons (Fsp3) is 0.214. The van der Waals surface area contributed by atoms with Gasteiger partial charge in [0.15, 0.2) is 0 Å². The first-order valence-electron chi connectivity index (χ1n) is 6.21. The van der Waals surface area contributed by atoms with Crippen LogP contribution < -0.4 is 11.1 Å². The zero-order valence-electron chi connectivity index (χ0n) is 11.1. The smallest absolute Gasteiger partial charge is 0.251 e. The third kappa shape index (κ3) is 3.42. The first kappa shape index (κ1) is 14.2. The summed E-state index contributed by atoms with van der Waals surface area (Å²) in [6.45, 7) is 2.22. The molecule has 1 heterocycles. The van der Waals surface area contributed by atoms with Crippen molar-refractivity contribution in [1.29, 1.82) is 0 Å². The van der Waals surface area contributed by atoms with E-state index in [1.165, 1.54) is 0 Å². The van der Waals surface area contributed by atoms with Crippen LogP contribution in [0, 0.1) is 0 Å². The molecule has 0 aliphatic rings. The van der Waals surface area contributed by atoms with Crippen molar-refractivity contribution in [3.05, 3.63) is 53.2 Å². The Bertz CT molecular complexity index is 637. The number of carbonyl (C=O) groups excluding carboxylic acids is 1. The highest BCUT2D eigenvalue weighted by Gasteiger charge is 2.09. The third-order valence-corrected chi connectivity index (χ3v) is 3.00. The molecule has 1 amide bonds. The topological polar surface area (TPSA) is 81.2 Å². The first-order chi connectivity index (χ1) is 9.60. The van der Waals surface area contributed by atoms with Gasteiger partial charge in [0.1, 0.15) is 10.7 Å². The van der Waals surface area contributed by atoms with Crippen LogP contribution in [0.3, 0.4) is 0 Å². The number of oxazole rings is 1. The summed E-state index contributed by atoms with van der Waals surface area (Å²) >= 11 is 4.89. The van der Waals surface area contributed by atoms with Gasteiger partial charge in [-0.15, -0.1) is 0 Å².